The van der Waals surface area contributed by atoms with Crippen LogP contribution in [0.5, 0.6) is 0 Å². The van der Waals surface area contributed by atoms with Gasteiger partial charge in [-0.25, -0.2) is 4.98 Å². The summed E-state index contributed by atoms with van der Waals surface area (Å²) in [6, 6.07) is 0.845. The summed E-state index contributed by atoms with van der Waals surface area (Å²) in [5.74, 6) is 0. The van der Waals surface area contributed by atoms with Gasteiger partial charge in [-0.2, -0.15) is 0 Å². The lowest BCUT2D eigenvalue weighted by molar-refractivity contribution is 0.128. The van der Waals surface area contributed by atoms with E-state index in [9.17, 15) is 0 Å². The van der Waals surface area contributed by atoms with E-state index < -0.39 is 0 Å². The number of hydrogen-bond acceptors (Lipinski definition) is 3. The molecule has 0 saturated heterocycles. The first-order valence-electron chi connectivity index (χ1n) is 5.97. The summed E-state index contributed by atoms with van der Waals surface area (Å²) in [6.45, 7) is 1.22. The monoisotopic (exact) mass is 222 g/mol. The van der Waals surface area contributed by atoms with Crippen LogP contribution >= 0.6 is 11.3 Å². The fourth-order valence-electron chi connectivity index (χ4n) is 2.45. The van der Waals surface area contributed by atoms with Gasteiger partial charge >= 0.3 is 0 Å². The van der Waals surface area contributed by atoms with E-state index in [2.05, 4.69) is 15.7 Å². The topological polar surface area (TPSA) is 24.9 Å². The highest BCUT2D eigenvalue weighted by Crippen LogP contribution is 2.43. The number of thiazole rings is 1. The van der Waals surface area contributed by atoms with Gasteiger partial charge in [-0.3, -0.25) is 0 Å². The number of rotatable bonds is 5. The van der Waals surface area contributed by atoms with Gasteiger partial charge in [0.1, 0.15) is 0 Å². The van der Waals surface area contributed by atoms with Gasteiger partial charge in [0, 0.05) is 18.0 Å². The number of aromatic nitrogens is 1. The Labute approximate surface area is 95.1 Å². The van der Waals surface area contributed by atoms with Crippen LogP contribution in [0.4, 0.5) is 0 Å². The van der Waals surface area contributed by atoms with Crippen LogP contribution in [0.3, 0.4) is 0 Å². The average Bonchev–Trinajstić information content (AvgIpc) is 2.87. The van der Waals surface area contributed by atoms with Crippen LogP contribution in [-0.2, 0) is 6.42 Å². The van der Waals surface area contributed by atoms with Crippen LogP contribution in [0.2, 0.25) is 0 Å². The summed E-state index contributed by atoms with van der Waals surface area (Å²) in [5, 5.41) is 5.89. The van der Waals surface area contributed by atoms with Crippen LogP contribution in [-0.4, -0.2) is 17.6 Å². The van der Waals surface area contributed by atoms with E-state index in [1.54, 1.807) is 11.3 Å². The van der Waals surface area contributed by atoms with Crippen molar-refractivity contribution >= 4 is 11.3 Å². The molecule has 1 aromatic heterocycles. The standard InChI is InChI=1S/C12H18N2S/c1-4-12(5-1,8-13-10-2-3-10)6-11-7-15-9-14-11/h7,9-10,13H,1-6,8H2. The second-order valence-electron chi connectivity index (χ2n) is 5.17. The normalized spacial score (nSPS) is 23.7. The van der Waals surface area contributed by atoms with E-state index in [1.807, 2.05) is 5.51 Å². The Morgan fingerprint density at radius 1 is 1.47 bits per heavy atom. The van der Waals surface area contributed by atoms with Crippen molar-refractivity contribution in [3.8, 4) is 0 Å². The molecule has 82 valence electrons. The first-order chi connectivity index (χ1) is 7.36. The summed E-state index contributed by atoms with van der Waals surface area (Å²) in [5.41, 5.74) is 3.81. The van der Waals surface area contributed by atoms with Crippen LogP contribution in [0.25, 0.3) is 0 Å². The van der Waals surface area contributed by atoms with Crippen molar-refractivity contribution in [3.63, 3.8) is 0 Å². The molecule has 0 bridgehead atoms. The maximum absolute atomic E-state index is 4.42. The predicted octanol–water partition coefficient (Wildman–Crippen LogP) is 2.61. The molecule has 2 saturated carbocycles. The van der Waals surface area contributed by atoms with Crippen LogP contribution < -0.4 is 5.32 Å². The Morgan fingerprint density at radius 3 is 2.87 bits per heavy atom. The first-order valence-corrected chi connectivity index (χ1v) is 6.91. The highest BCUT2D eigenvalue weighted by molar-refractivity contribution is 7.07. The Balaban J connectivity index is 1.58. The molecule has 1 N–H and O–H groups in total. The van der Waals surface area contributed by atoms with Gasteiger partial charge in [-0.05, 0) is 37.5 Å². The van der Waals surface area contributed by atoms with Gasteiger partial charge in [0.2, 0.25) is 0 Å². The van der Waals surface area contributed by atoms with Gasteiger partial charge in [0.25, 0.3) is 0 Å². The van der Waals surface area contributed by atoms with E-state index in [0.717, 1.165) is 6.04 Å². The van der Waals surface area contributed by atoms with Crippen LogP contribution in [0, 0.1) is 5.41 Å². The fraction of sp³-hybridized carbons (Fsp3) is 0.750. The third-order valence-electron chi connectivity index (χ3n) is 3.80. The molecule has 0 spiro atoms. The summed E-state index contributed by atoms with van der Waals surface area (Å²) < 4.78 is 0. The molecule has 2 nitrogen and oxygen atoms in total. The molecule has 0 amide bonds. The largest absolute Gasteiger partial charge is 0.313 e. The van der Waals surface area contributed by atoms with E-state index >= 15 is 0 Å². The van der Waals surface area contributed by atoms with E-state index in [1.165, 1.54) is 50.8 Å². The van der Waals surface area contributed by atoms with Crippen molar-refractivity contribution < 1.29 is 0 Å². The second kappa shape index (κ2) is 3.87. The lowest BCUT2D eigenvalue weighted by Gasteiger charge is -2.42. The average molecular weight is 222 g/mol. The van der Waals surface area contributed by atoms with Crippen molar-refractivity contribution in [2.75, 3.05) is 6.54 Å². The Kier molecular flexibility index (Phi) is 2.53. The minimum absolute atomic E-state index is 0.552. The zero-order valence-corrected chi connectivity index (χ0v) is 9.85. The van der Waals surface area contributed by atoms with E-state index in [0.29, 0.717) is 5.41 Å². The van der Waals surface area contributed by atoms with Gasteiger partial charge < -0.3 is 5.32 Å². The van der Waals surface area contributed by atoms with Crippen molar-refractivity contribution in [2.24, 2.45) is 5.41 Å². The molecule has 0 atom stereocenters. The van der Waals surface area contributed by atoms with Crippen molar-refractivity contribution in [3.05, 3.63) is 16.6 Å². The number of hydrogen-bond donors (Lipinski definition) is 1. The summed E-state index contributed by atoms with van der Waals surface area (Å²) in [7, 11) is 0. The van der Waals surface area contributed by atoms with E-state index in [-0.39, 0.29) is 0 Å². The maximum Gasteiger partial charge on any atom is 0.0794 e. The molecule has 0 unspecified atom stereocenters. The van der Waals surface area contributed by atoms with Crippen molar-refractivity contribution in [1.29, 1.82) is 0 Å². The number of nitrogens with zero attached hydrogens (tertiary/aromatic N) is 1. The molecule has 2 aliphatic carbocycles. The third-order valence-corrected chi connectivity index (χ3v) is 4.43. The Bertz CT molecular complexity index is 312. The zero-order valence-electron chi connectivity index (χ0n) is 9.04. The minimum atomic E-state index is 0.552. The zero-order chi connectivity index (χ0) is 10.1. The summed E-state index contributed by atoms with van der Waals surface area (Å²) in [6.07, 6.45) is 8.18. The molecular formula is C12H18N2S. The fourth-order valence-corrected chi connectivity index (χ4v) is 3.01. The molecule has 2 aliphatic rings. The molecule has 1 heterocycles. The van der Waals surface area contributed by atoms with Crippen molar-refractivity contribution in [1.82, 2.24) is 10.3 Å². The van der Waals surface area contributed by atoms with E-state index in [4.69, 9.17) is 0 Å². The predicted molar refractivity (Wildman–Crippen MR) is 63.1 cm³/mol. The van der Waals surface area contributed by atoms with Crippen LogP contribution in [0.15, 0.2) is 10.9 Å². The quantitative estimate of drug-likeness (QED) is 0.828. The summed E-state index contributed by atoms with van der Waals surface area (Å²) >= 11 is 1.72. The lowest BCUT2D eigenvalue weighted by Crippen LogP contribution is -2.42. The molecule has 0 radical (unpaired) electrons. The smallest absolute Gasteiger partial charge is 0.0794 e. The van der Waals surface area contributed by atoms with Gasteiger partial charge in [0.15, 0.2) is 0 Å². The SMILES string of the molecule is c1nc(CC2(CNC3CC3)CCC2)cs1. The maximum atomic E-state index is 4.42. The van der Waals surface area contributed by atoms with Crippen LogP contribution in [0.1, 0.15) is 37.8 Å². The van der Waals surface area contributed by atoms with Crippen molar-refractivity contribution in [2.45, 2.75) is 44.6 Å². The van der Waals surface area contributed by atoms with Gasteiger partial charge in [0.05, 0.1) is 11.2 Å². The lowest BCUT2D eigenvalue weighted by atomic mass is 9.66. The molecule has 0 aromatic carbocycles. The second-order valence-corrected chi connectivity index (χ2v) is 5.88. The van der Waals surface area contributed by atoms with Gasteiger partial charge in [-0.1, -0.05) is 6.42 Å². The Morgan fingerprint density at radius 2 is 2.33 bits per heavy atom. The molecule has 1 aromatic rings. The molecule has 0 aliphatic heterocycles. The number of nitrogens with one attached hydrogen (secondary N) is 1. The molecular weight excluding hydrogens is 204 g/mol. The molecule has 3 heteroatoms. The molecule has 15 heavy (non-hydrogen) atoms. The first kappa shape index (κ1) is 9.79. The summed E-state index contributed by atoms with van der Waals surface area (Å²) in [4.78, 5) is 4.42. The highest BCUT2D eigenvalue weighted by atomic mass is 32.1. The minimum Gasteiger partial charge on any atom is -0.313 e. The van der Waals surface area contributed by atoms with Gasteiger partial charge in [-0.15, -0.1) is 11.3 Å². The molecule has 2 fully saturated rings. The third kappa shape index (κ3) is 2.23. The highest BCUT2D eigenvalue weighted by Gasteiger charge is 2.38. The molecule has 3 rings (SSSR count). The Hall–Kier alpha value is -0.410.